The van der Waals surface area contributed by atoms with Crippen molar-refractivity contribution in [1.82, 2.24) is 0 Å². The first-order chi connectivity index (χ1) is 8.67. The monoisotopic (exact) mass is 245 g/mol. The normalized spacial score (nSPS) is 8.94. The van der Waals surface area contributed by atoms with Crippen molar-refractivity contribution in [2.45, 2.75) is 19.8 Å². The highest BCUT2D eigenvalue weighted by Gasteiger charge is 2.02. The van der Waals surface area contributed by atoms with Gasteiger partial charge < -0.3 is 4.74 Å². The number of benzene rings is 1. The summed E-state index contributed by atoms with van der Waals surface area (Å²) in [5, 5.41) is 8.63. The van der Waals surface area contributed by atoms with E-state index in [4.69, 9.17) is 10.00 Å². The van der Waals surface area contributed by atoms with E-state index in [-0.39, 0.29) is 12.8 Å². The van der Waals surface area contributed by atoms with Gasteiger partial charge in [-0.1, -0.05) is 17.9 Å². The average Bonchev–Trinajstić information content (AvgIpc) is 2.33. The molecule has 0 atom stereocenters. The molecule has 0 aliphatic heterocycles. The van der Waals surface area contributed by atoms with Crippen LogP contribution >= 0.6 is 0 Å². The summed E-state index contributed by atoms with van der Waals surface area (Å²) in [7, 11) is 0. The summed E-state index contributed by atoms with van der Waals surface area (Å²) in [6.45, 7) is 2.02. The quantitative estimate of drug-likeness (QED) is 0.606. The SMILES string of the molecule is CCOC(=O)CC#Cc1cc(F)ccc1CC#N. The number of carbonyl (C=O) groups excluding carboxylic acids is 1. The summed E-state index contributed by atoms with van der Waals surface area (Å²) in [6, 6.07) is 6.04. The van der Waals surface area contributed by atoms with Gasteiger partial charge >= 0.3 is 5.97 Å². The largest absolute Gasteiger partial charge is 0.465 e. The molecule has 1 aromatic rings. The van der Waals surface area contributed by atoms with Crippen LogP contribution in [0.2, 0.25) is 0 Å². The molecule has 1 rings (SSSR count). The Morgan fingerprint density at radius 2 is 2.28 bits per heavy atom. The second-order valence-electron chi connectivity index (χ2n) is 3.42. The van der Waals surface area contributed by atoms with Gasteiger partial charge in [0.1, 0.15) is 12.2 Å². The molecule has 0 N–H and O–H groups in total. The lowest BCUT2D eigenvalue weighted by molar-refractivity contribution is -0.141. The molecular weight excluding hydrogens is 233 g/mol. The molecule has 0 radical (unpaired) electrons. The number of nitrogens with zero attached hydrogens (tertiary/aromatic N) is 1. The minimum absolute atomic E-state index is 0.0453. The van der Waals surface area contributed by atoms with E-state index in [1.807, 2.05) is 6.07 Å². The lowest BCUT2D eigenvalue weighted by Gasteiger charge is -1.99. The Labute approximate surface area is 105 Å². The van der Waals surface area contributed by atoms with Gasteiger partial charge in [-0.25, -0.2) is 4.39 Å². The van der Waals surface area contributed by atoms with Crippen molar-refractivity contribution < 1.29 is 13.9 Å². The summed E-state index contributed by atoms with van der Waals surface area (Å²) in [5.74, 6) is 4.46. The maximum Gasteiger partial charge on any atom is 0.317 e. The van der Waals surface area contributed by atoms with Crippen LogP contribution in [0.25, 0.3) is 0 Å². The van der Waals surface area contributed by atoms with Gasteiger partial charge in [0.15, 0.2) is 0 Å². The Balaban J connectivity index is 2.83. The third-order valence-electron chi connectivity index (χ3n) is 2.10. The summed E-state index contributed by atoms with van der Waals surface area (Å²) >= 11 is 0. The molecule has 0 saturated carbocycles. The summed E-state index contributed by atoms with van der Waals surface area (Å²) in [6.07, 6.45) is 0.111. The molecule has 0 heterocycles. The molecule has 0 saturated heterocycles. The number of ether oxygens (including phenoxy) is 1. The standard InChI is InChI=1S/C14H12FNO2/c1-2-18-14(17)5-3-4-12-10-13(15)7-6-11(12)8-9-16/h6-7,10H,2,5,8H2,1H3. The van der Waals surface area contributed by atoms with Crippen LogP contribution in [-0.2, 0) is 16.0 Å². The van der Waals surface area contributed by atoms with Crippen LogP contribution in [0.15, 0.2) is 18.2 Å². The third kappa shape index (κ3) is 4.27. The fourth-order valence-corrected chi connectivity index (χ4v) is 1.33. The fourth-order valence-electron chi connectivity index (χ4n) is 1.33. The Morgan fingerprint density at radius 1 is 1.50 bits per heavy atom. The number of hydrogen-bond acceptors (Lipinski definition) is 3. The highest BCUT2D eigenvalue weighted by atomic mass is 19.1. The van der Waals surface area contributed by atoms with Gasteiger partial charge in [-0.15, -0.1) is 0 Å². The van der Waals surface area contributed by atoms with Gasteiger partial charge in [0.2, 0.25) is 0 Å². The maximum atomic E-state index is 13.1. The molecule has 0 bridgehead atoms. The van der Waals surface area contributed by atoms with Crippen LogP contribution in [0.5, 0.6) is 0 Å². The minimum Gasteiger partial charge on any atom is -0.465 e. The number of nitriles is 1. The smallest absolute Gasteiger partial charge is 0.317 e. The van der Waals surface area contributed by atoms with E-state index in [1.54, 1.807) is 6.92 Å². The first kappa shape index (κ1) is 13.7. The van der Waals surface area contributed by atoms with Crippen LogP contribution < -0.4 is 0 Å². The Kier molecular flexibility index (Phi) is 5.41. The summed E-state index contributed by atoms with van der Waals surface area (Å²) in [5.41, 5.74) is 1.08. The molecule has 18 heavy (non-hydrogen) atoms. The first-order valence-electron chi connectivity index (χ1n) is 5.47. The van der Waals surface area contributed by atoms with Crippen LogP contribution in [0.1, 0.15) is 24.5 Å². The van der Waals surface area contributed by atoms with E-state index in [1.165, 1.54) is 18.2 Å². The average molecular weight is 245 g/mol. The summed E-state index contributed by atoms with van der Waals surface area (Å²) < 4.78 is 17.8. The maximum absolute atomic E-state index is 13.1. The van der Waals surface area contributed by atoms with Crippen molar-refractivity contribution in [1.29, 1.82) is 5.26 Å². The van der Waals surface area contributed by atoms with Gasteiger partial charge in [0.25, 0.3) is 0 Å². The molecule has 3 nitrogen and oxygen atoms in total. The molecule has 92 valence electrons. The van der Waals surface area contributed by atoms with E-state index in [0.29, 0.717) is 17.7 Å². The highest BCUT2D eigenvalue weighted by Crippen LogP contribution is 2.10. The summed E-state index contributed by atoms with van der Waals surface area (Å²) in [4.78, 5) is 11.1. The number of rotatable bonds is 3. The van der Waals surface area contributed by atoms with Gasteiger partial charge in [0, 0.05) is 5.56 Å². The Bertz CT molecular complexity index is 535. The van der Waals surface area contributed by atoms with E-state index in [2.05, 4.69) is 11.8 Å². The van der Waals surface area contributed by atoms with Crippen LogP contribution in [0.3, 0.4) is 0 Å². The molecule has 0 amide bonds. The lowest BCUT2D eigenvalue weighted by Crippen LogP contribution is -2.01. The van der Waals surface area contributed by atoms with Crippen molar-refractivity contribution in [3.05, 3.63) is 35.1 Å². The molecule has 0 fully saturated rings. The van der Waals surface area contributed by atoms with E-state index in [9.17, 15) is 9.18 Å². The molecule has 4 heteroatoms. The zero-order valence-electron chi connectivity index (χ0n) is 10.00. The number of halogens is 1. The van der Waals surface area contributed by atoms with Crippen molar-refractivity contribution in [2.24, 2.45) is 0 Å². The number of esters is 1. The van der Waals surface area contributed by atoms with Crippen LogP contribution in [0.4, 0.5) is 4.39 Å². The van der Waals surface area contributed by atoms with Crippen molar-refractivity contribution in [2.75, 3.05) is 6.61 Å². The molecular formula is C14H12FNO2. The van der Waals surface area contributed by atoms with E-state index < -0.39 is 11.8 Å². The zero-order valence-corrected chi connectivity index (χ0v) is 10.00. The molecule has 1 aromatic carbocycles. The zero-order chi connectivity index (χ0) is 13.4. The van der Waals surface area contributed by atoms with Gasteiger partial charge in [-0.05, 0) is 24.6 Å². The molecule has 0 aliphatic rings. The molecule has 0 unspecified atom stereocenters. The second-order valence-corrected chi connectivity index (χ2v) is 3.42. The van der Waals surface area contributed by atoms with E-state index >= 15 is 0 Å². The van der Waals surface area contributed by atoms with Crippen molar-refractivity contribution in [3.63, 3.8) is 0 Å². The lowest BCUT2D eigenvalue weighted by atomic mass is 10.1. The van der Waals surface area contributed by atoms with Gasteiger partial charge in [0.05, 0.1) is 19.1 Å². The van der Waals surface area contributed by atoms with E-state index in [0.717, 1.165) is 0 Å². The van der Waals surface area contributed by atoms with Crippen molar-refractivity contribution in [3.8, 4) is 17.9 Å². The van der Waals surface area contributed by atoms with Crippen molar-refractivity contribution >= 4 is 5.97 Å². The topological polar surface area (TPSA) is 50.1 Å². The predicted molar refractivity (Wildman–Crippen MR) is 63.8 cm³/mol. The third-order valence-corrected chi connectivity index (χ3v) is 2.10. The fraction of sp³-hybridized carbons (Fsp3) is 0.286. The minimum atomic E-state index is -0.419. The van der Waals surface area contributed by atoms with Gasteiger partial charge in [-0.2, -0.15) is 5.26 Å². The van der Waals surface area contributed by atoms with Crippen LogP contribution in [0, 0.1) is 29.0 Å². The molecule has 0 aromatic heterocycles. The number of carbonyl (C=O) groups is 1. The van der Waals surface area contributed by atoms with Gasteiger partial charge in [-0.3, -0.25) is 4.79 Å². The Morgan fingerprint density at radius 3 is 2.94 bits per heavy atom. The highest BCUT2D eigenvalue weighted by molar-refractivity contribution is 5.72. The molecule has 0 aliphatic carbocycles. The first-order valence-corrected chi connectivity index (χ1v) is 5.47. The molecule has 0 spiro atoms. The predicted octanol–water partition coefficient (Wildman–Crippen LogP) is 2.20. The number of hydrogen-bond donors (Lipinski definition) is 0. The van der Waals surface area contributed by atoms with Crippen LogP contribution in [-0.4, -0.2) is 12.6 Å². The second kappa shape index (κ2) is 7.09. The Hall–Kier alpha value is -2.33.